The minimum Gasteiger partial charge on any atom is -0.377 e. The predicted octanol–water partition coefficient (Wildman–Crippen LogP) is 0.664. The van der Waals surface area contributed by atoms with Crippen LogP contribution in [0.4, 0.5) is 0 Å². The van der Waals surface area contributed by atoms with E-state index in [4.69, 9.17) is 4.74 Å². The van der Waals surface area contributed by atoms with Crippen molar-refractivity contribution in [3.05, 3.63) is 0 Å². The van der Waals surface area contributed by atoms with Crippen LogP contribution in [0.25, 0.3) is 0 Å². The van der Waals surface area contributed by atoms with Crippen LogP contribution in [0.5, 0.6) is 0 Å². The van der Waals surface area contributed by atoms with E-state index >= 15 is 0 Å². The minimum absolute atomic E-state index is 0.0658. The summed E-state index contributed by atoms with van der Waals surface area (Å²) in [6.07, 6.45) is 3.95. The summed E-state index contributed by atoms with van der Waals surface area (Å²) in [5, 5.41) is 3.35. The maximum Gasteiger partial charge on any atom is 0.281 e. The van der Waals surface area contributed by atoms with Crippen LogP contribution in [0.3, 0.4) is 0 Å². The molecule has 1 N–H and O–H groups in total. The predicted molar refractivity (Wildman–Crippen MR) is 83.4 cm³/mol. The number of piperidine rings is 1. The maximum atomic E-state index is 12.6. The van der Waals surface area contributed by atoms with Crippen molar-refractivity contribution in [2.45, 2.75) is 38.7 Å². The average Bonchev–Trinajstić information content (AvgIpc) is 2.98. The summed E-state index contributed by atoms with van der Waals surface area (Å²) in [6.45, 7) is 6.56. The highest BCUT2D eigenvalue weighted by Crippen LogP contribution is 2.21. The molecule has 0 spiro atoms. The van der Waals surface area contributed by atoms with Gasteiger partial charge in [0.25, 0.3) is 10.2 Å². The average molecular weight is 319 g/mol. The van der Waals surface area contributed by atoms with E-state index < -0.39 is 10.2 Å². The van der Waals surface area contributed by atoms with Gasteiger partial charge in [-0.25, -0.2) is 0 Å². The molecule has 2 heterocycles. The number of rotatable bonds is 7. The van der Waals surface area contributed by atoms with Crippen molar-refractivity contribution in [3.63, 3.8) is 0 Å². The Morgan fingerprint density at radius 1 is 1.29 bits per heavy atom. The molecule has 0 saturated carbocycles. The van der Waals surface area contributed by atoms with Crippen LogP contribution in [0.1, 0.15) is 32.6 Å². The molecule has 2 aliphatic heterocycles. The Balaban J connectivity index is 1.82. The summed E-state index contributed by atoms with van der Waals surface area (Å²) in [7, 11) is -1.66. The molecule has 0 aliphatic carbocycles. The molecule has 0 amide bonds. The van der Waals surface area contributed by atoms with Crippen molar-refractivity contribution in [1.82, 2.24) is 13.9 Å². The van der Waals surface area contributed by atoms with Crippen LogP contribution in [0, 0.1) is 5.92 Å². The molecule has 1 unspecified atom stereocenters. The summed E-state index contributed by atoms with van der Waals surface area (Å²) in [5.74, 6) is 0.597. The highest BCUT2D eigenvalue weighted by Gasteiger charge is 2.32. The van der Waals surface area contributed by atoms with Gasteiger partial charge in [0, 0.05) is 33.3 Å². The zero-order valence-corrected chi connectivity index (χ0v) is 14.1. The minimum atomic E-state index is -3.33. The van der Waals surface area contributed by atoms with Gasteiger partial charge in [-0.2, -0.15) is 17.0 Å². The zero-order chi connectivity index (χ0) is 15.3. The lowest BCUT2D eigenvalue weighted by molar-refractivity contribution is 0.0960. The van der Waals surface area contributed by atoms with Crippen LogP contribution >= 0.6 is 0 Å². The van der Waals surface area contributed by atoms with Gasteiger partial charge in [-0.05, 0) is 44.7 Å². The first kappa shape index (κ1) is 17.1. The number of likely N-dealkylation sites (N-methyl/N-ethyl adjacent to an activating group) is 1. The second kappa shape index (κ2) is 7.87. The van der Waals surface area contributed by atoms with Crippen molar-refractivity contribution >= 4 is 10.2 Å². The molecule has 0 aromatic rings. The van der Waals surface area contributed by atoms with E-state index in [0.29, 0.717) is 25.6 Å². The molecule has 0 aromatic heterocycles. The van der Waals surface area contributed by atoms with Gasteiger partial charge in [-0.15, -0.1) is 0 Å². The summed E-state index contributed by atoms with van der Waals surface area (Å²) in [4.78, 5) is 0. The second-order valence-electron chi connectivity index (χ2n) is 6.07. The fraction of sp³-hybridized carbons (Fsp3) is 1.00. The van der Waals surface area contributed by atoms with Crippen LogP contribution in [-0.4, -0.2) is 69.5 Å². The largest absolute Gasteiger partial charge is 0.377 e. The lowest BCUT2D eigenvalue weighted by Gasteiger charge is -2.34. The Bertz CT molecular complexity index is 402. The van der Waals surface area contributed by atoms with Crippen LogP contribution in [0.2, 0.25) is 0 Å². The number of hydrogen-bond acceptors (Lipinski definition) is 4. The van der Waals surface area contributed by atoms with Gasteiger partial charge in [0.2, 0.25) is 0 Å². The Labute approximate surface area is 129 Å². The summed E-state index contributed by atoms with van der Waals surface area (Å²) < 4.78 is 33.8. The molecule has 2 fully saturated rings. The van der Waals surface area contributed by atoms with Gasteiger partial charge >= 0.3 is 0 Å². The molecule has 0 radical (unpaired) electrons. The molecule has 124 valence electrons. The highest BCUT2D eigenvalue weighted by atomic mass is 32.2. The van der Waals surface area contributed by atoms with E-state index in [0.717, 1.165) is 45.4 Å². The van der Waals surface area contributed by atoms with Crippen LogP contribution in [0.15, 0.2) is 0 Å². The summed E-state index contributed by atoms with van der Waals surface area (Å²) >= 11 is 0. The molecule has 2 aliphatic rings. The third kappa shape index (κ3) is 4.63. The molecule has 0 aromatic carbocycles. The third-order valence-electron chi connectivity index (χ3n) is 4.46. The molecular weight excluding hydrogens is 290 g/mol. The Kier molecular flexibility index (Phi) is 6.43. The molecule has 0 bridgehead atoms. The van der Waals surface area contributed by atoms with Crippen molar-refractivity contribution in [2.24, 2.45) is 5.92 Å². The lowest BCUT2D eigenvalue weighted by atomic mass is 9.98. The molecule has 7 heteroatoms. The van der Waals surface area contributed by atoms with E-state index in [-0.39, 0.29) is 6.10 Å². The Morgan fingerprint density at radius 2 is 2.00 bits per heavy atom. The molecule has 21 heavy (non-hydrogen) atoms. The van der Waals surface area contributed by atoms with Crippen molar-refractivity contribution < 1.29 is 13.2 Å². The number of ether oxygens (including phenoxy) is 1. The highest BCUT2D eigenvalue weighted by molar-refractivity contribution is 7.86. The van der Waals surface area contributed by atoms with Gasteiger partial charge in [0.05, 0.1) is 6.10 Å². The molecule has 2 saturated heterocycles. The van der Waals surface area contributed by atoms with Crippen LogP contribution in [-0.2, 0) is 14.9 Å². The van der Waals surface area contributed by atoms with E-state index in [1.807, 2.05) is 0 Å². The van der Waals surface area contributed by atoms with Gasteiger partial charge in [-0.1, -0.05) is 6.92 Å². The maximum absolute atomic E-state index is 12.6. The Hall–Kier alpha value is -0.210. The molecule has 1 atom stereocenters. The standard InChI is InChI=1S/C14H29N3O3S/c1-3-15-11-13-6-8-17(9-7-13)21(18,19)16(2)12-14-5-4-10-20-14/h13-15H,3-12H2,1-2H3. The molecular formula is C14H29N3O3S. The fourth-order valence-corrected chi connectivity index (χ4v) is 4.48. The smallest absolute Gasteiger partial charge is 0.281 e. The van der Waals surface area contributed by atoms with E-state index in [1.54, 1.807) is 11.4 Å². The summed E-state index contributed by atoms with van der Waals surface area (Å²) in [5.41, 5.74) is 0. The SMILES string of the molecule is CCNCC1CCN(S(=O)(=O)N(C)CC2CCCO2)CC1. The summed E-state index contributed by atoms with van der Waals surface area (Å²) in [6, 6.07) is 0. The fourth-order valence-electron chi connectivity index (χ4n) is 3.06. The number of hydrogen-bond donors (Lipinski definition) is 1. The van der Waals surface area contributed by atoms with Gasteiger partial charge in [-0.3, -0.25) is 0 Å². The molecule has 2 rings (SSSR count). The normalized spacial score (nSPS) is 25.8. The van der Waals surface area contributed by atoms with Crippen molar-refractivity contribution in [3.8, 4) is 0 Å². The first-order valence-corrected chi connectivity index (χ1v) is 9.47. The van der Waals surface area contributed by atoms with E-state index in [9.17, 15) is 8.42 Å². The molecule has 6 nitrogen and oxygen atoms in total. The zero-order valence-electron chi connectivity index (χ0n) is 13.3. The second-order valence-corrected chi connectivity index (χ2v) is 8.11. The van der Waals surface area contributed by atoms with E-state index in [1.165, 1.54) is 4.31 Å². The van der Waals surface area contributed by atoms with Crippen molar-refractivity contribution in [2.75, 3.05) is 46.4 Å². The monoisotopic (exact) mass is 319 g/mol. The van der Waals surface area contributed by atoms with Crippen LogP contribution < -0.4 is 5.32 Å². The van der Waals surface area contributed by atoms with Gasteiger partial charge < -0.3 is 10.1 Å². The quantitative estimate of drug-likeness (QED) is 0.749. The van der Waals surface area contributed by atoms with Gasteiger partial charge in [0.1, 0.15) is 0 Å². The number of nitrogens with zero attached hydrogens (tertiary/aromatic N) is 2. The van der Waals surface area contributed by atoms with E-state index in [2.05, 4.69) is 12.2 Å². The first-order valence-electron chi connectivity index (χ1n) is 8.07. The van der Waals surface area contributed by atoms with Crippen molar-refractivity contribution in [1.29, 1.82) is 0 Å². The van der Waals surface area contributed by atoms with Gasteiger partial charge in [0.15, 0.2) is 0 Å². The first-order chi connectivity index (χ1) is 10.0. The topological polar surface area (TPSA) is 61.9 Å². The third-order valence-corrected chi connectivity index (χ3v) is 6.42. The lowest BCUT2D eigenvalue weighted by Crippen LogP contribution is -2.48. The Morgan fingerprint density at radius 3 is 2.57 bits per heavy atom. The number of nitrogens with one attached hydrogen (secondary N) is 1.